The first-order chi connectivity index (χ1) is 12.5. The summed E-state index contributed by atoms with van der Waals surface area (Å²) < 4.78 is 29.2. The second-order valence-electron chi connectivity index (χ2n) is 5.53. The van der Waals surface area contributed by atoms with Gasteiger partial charge in [0.1, 0.15) is 17.7 Å². The Morgan fingerprint density at radius 2 is 1.77 bits per heavy atom. The molecule has 0 spiro atoms. The van der Waals surface area contributed by atoms with Gasteiger partial charge in [-0.3, -0.25) is 4.99 Å². The van der Waals surface area contributed by atoms with Crippen molar-refractivity contribution in [2.75, 3.05) is 33.1 Å². The zero-order valence-electron chi connectivity index (χ0n) is 15.4. The fourth-order valence-electron chi connectivity index (χ4n) is 2.26. The molecule has 0 radical (unpaired) electrons. The molecule has 0 fully saturated rings. The number of guanidine groups is 1. The Balaban J connectivity index is 1.90. The number of halogens is 1. The van der Waals surface area contributed by atoms with Gasteiger partial charge in [0.25, 0.3) is 0 Å². The topological polar surface area (TPSA) is 64.1 Å². The first-order valence-corrected chi connectivity index (χ1v) is 8.17. The smallest absolute Gasteiger partial charge is 0.195 e. The molecule has 0 heterocycles. The maximum absolute atomic E-state index is 12.9. The molecular formula is C19H24FN3O3. The molecule has 0 aliphatic rings. The molecule has 0 aromatic heterocycles. The number of rotatable bonds is 7. The zero-order chi connectivity index (χ0) is 18.9. The first-order valence-electron chi connectivity index (χ1n) is 8.17. The molecule has 2 aromatic rings. The predicted molar refractivity (Wildman–Crippen MR) is 101 cm³/mol. The van der Waals surface area contributed by atoms with Crippen molar-refractivity contribution in [2.24, 2.45) is 4.99 Å². The van der Waals surface area contributed by atoms with Gasteiger partial charge in [-0.1, -0.05) is 0 Å². The number of nitrogens with zero attached hydrogens (tertiary/aromatic N) is 1. The van der Waals surface area contributed by atoms with Crippen molar-refractivity contribution in [1.29, 1.82) is 0 Å². The van der Waals surface area contributed by atoms with Crippen LogP contribution in [-0.2, 0) is 0 Å². The van der Waals surface area contributed by atoms with Crippen LogP contribution in [0.15, 0.2) is 47.5 Å². The van der Waals surface area contributed by atoms with E-state index in [0.29, 0.717) is 29.8 Å². The fourth-order valence-corrected chi connectivity index (χ4v) is 2.26. The summed E-state index contributed by atoms with van der Waals surface area (Å²) in [6, 6.07) is 11.4. The van der Waals surface area contributed by atoms with Gasteiger partial charge in [0.15, 0.2) is 17.5 Å². The molecule has 7 heteroatoms. The number of anilines is 1. The zero-order valence-corrected chi connectivity index (χ0v) is 15.4. The Labute approximate surface area is 153 Å². The average Bonchev–Trinajstić information content (AvgIpc) is 2.66. The SMILES string of the molecule is CN=C(NCC(C)Oc1ccc(F)cc1)Nc1ccc(OC)c(OC)c1. The Morgan fingerprint density at radius 3 is 2.38 bits per heavy atom. The molecule has 6 nitrogen and oxygen atoms in total. The molecule has 0 bridgehead atoms. The molecule has 1 atom stereocenters. The third-order valence-corrected chi connectivity index (χ3v) is 3.58. The Morgan fingerprint density at radius 1 is 1.08 bits per heavy atom. The molecule has 0 saturated heterocycles. The standard InChI is InChI=1S/C19H24FN3O3/c1-13(26-16-8-5-14(20)6-9-16)12-22-19(21-2)23-15-7-10-17(24-3)18(11-15)25-4/h5-11,13H,12H2,1-4H3,(H2,21,22,23). The van der Waals surface area contributed by atoms with E-state index in [0.717, 1.165) is 5.69 Å². The van der Waals surface area contributed by atoms with E-state index in [1.54, 1.807) is 33.4 Å². The van der Waals surface area contributed by atoms with Crippen LogP contribution in [0.5, 0.6) is 17.2 Å². The minimum atomic E-state index is -0.289. The van der Waals surface area contributed by atoms with E-state index >= 15 is 0 Å². The first kappa shape index (κ1) is 19.4. The van der Waals surface area contributed by atoms with Crippen LogP contribution in [0.1, 0.15) is 6.92 Å². The summed E-state index contributed by atoms with van der Waals surface area (Å²) in [4.78, 5) is 4.19. The monoisotopic (exact) mass is 361 g/mol. The van der Waals surface area contributed by atoms with E-state index in [1.807, 2.05) is 25.1 Å². The van der Waals surface area contributed by atoms with Gasteiger partial charge in [-0.15, -0.1) is 0 Å². The van der Waals surface area contributed by atoms with Gasteiger partial charge in [-0.05, 0) is 43.3 Å². The molecule has 2 N–H and O–H groups in total. The van der Waals surface area contributed by atoms with Crippen LogP contribution >= 0.6 is 0 Å². The highest BCUT2D eigenvalue weighted by atomic mass is 19.1. The van der Waals surface area contributed by atoms with Gasteiger partial charge in [0.2, 0.25) is 0 Å². The van der Waals surface area contributed by atoms with Crippen molar-refractivity contribution in [2.45, 2.75) is 13.0 Å². The summed E-state index contributed by atoms with van der Waals surface area (Å²) in [5.74, 6) is 2.20. The number of methoxy groups -OCH3 is 2. The third-order valence-electron chi connectivity index (χ3n) is 3.58. The summed E-state index contributed by atoms with van der Waals surface area (Å²) >= 11 is 0. The van der Waals surface area contributed by atoms with Crippen molar-refractivity contribution in [3.05, 3.63) is 48.3 Å². The summed E-state index contributed by atoms with van der Waals surface area (Å²) in [7, 11) is 4.86. The number of aliphatic imine (C=N–C) groups is 1. The molecule has 26 heavy (non-hydrogen) atoms. The van der Waals surface area contributed by atoms with Crippen LogP contribution in [0.2, 0.25) is 0 Å². The fraction of sp³-hybridized carbons (Fsp3) is 0.316. The lowest BCUT2D eigenvalue weighted by molar-refractivity contribution is 0.224. The van der Waals surface area contributed by atoms with Crippen LogP contribution in [0.25, 0.3) is 0 Å². The highest BCUT2D eigenvalue weighted by Crippen LogP contribution is 2.29. The second-order valence-corrected chi connectivity index (χ2v) is 5.53. The highest BCUT2D eigenvalue weighted by Gasteiger charge is 2.08. The van der Waals surface area contributed by atoms with Gasteiger partial charge in [-0.25, -0.2) is 4.39 Å². The Bertz CT molecular complexity index is 735. The van der Waals surface area contributed by atoms with Crippen molar-refractivity contribution >= 4 is 11.6 Å². The number of hydrogen-bond acceptors (Lipinski definition) is 4. The summed E-state index contributed by atoms with van der Waals surface area (Å²) in [5, 5.41) is 6.36. The molecule has 0 aliphatic carbocycles. The number of ether oxygens (including phenoxy) is 3. The van der Waals surface area contributed by atoms with Crippen LogP contribution in [-0.4, -0.2) is 39.9 Å². The second kappa shape index (κ2) is 9.50. The molecule has 1 unspecified atom stereocenters. The van der Waals surface area contributed by atoms with E-state index in [-0.39, 0.29) is 11.9 Å². The number of nitrogens with one attached hydrogen (secondary N) is 2. The van der Waals surface area contributed by atoms with E-state index in [1.165, 1.54) is 12.1 Å². The Hall–Kier alpha value is -2.96. The maximum Gasteiger partial charge on any atom is 0.195 e. The largest absolute Gasteiger partial charge is 0.493 e. The summed E-state index contributed by atoms with van der Waals surface area (Å²) in [6.07, 6.45) is -0.135. The van der Waals surface area contributed by atoms with E-state index < -0.39 is 0 Å². The number of benzene rings is 2. The minimum Gasteiger partial charge on any atom is -0.493 e. The van der Waals surface area contributed by atoms with Crippen molar-refractivity contribution < 1.29 is 18.6 Å². The molecule has 2 aromatic carbocycles. The lowest BCUT2D eigenvalue weighted by Gasteiger charge is -2.18. The van der Waals surface area contributed by atoms with Gasteiger partial charge in [0, 0.05) is 18.8 Å². The van der Waals surface area contributed by atoms with Crippen molar-refractivity contribution in [3.63, 3.8) is 0 Å². The van der Waals surface area contributed by atoms with Crippen LogP contribution in [0, 0.1) is 5.82 Å². The maximum atomic E-state index is 12.9. The predicted octanol–water partition coefficient (Wildman–Crippen LogP) is 3.30. The summed E-state index contributed by atoms with van der Waals surface area (Å²) in [6.45, 7) is 2.43. The van der Waals surface area contributed by atoms with E-state index in [4.69, 9.17) is 14.2 Å². The third kappa shape index (κ3) is 5.54. The minimum absolute atomic E-state index is 0.135. The van der Waals surface area contributed by atoms with Crippen molar-refractivity contribution in [1.82, 2.24) is 5.32 Å². The lowest BCUT2D eigenvalue weighted by Crippen LogP contribution is -2.37. The van der Waals surface area contributed by atoms with Gasteiger partial charge >= 0.3 is 0 Å². The lowest BCUT2D eigenvalue weighted by atomic mass is 10.2. The van der Waals surface area contributed by atoms with Crippen LogP contribution < -0.4 is 24.8 Å². The van der Waals surface area contributed by atoms with Gasteiger partial charge in [-0.2, -0.15) is 0 Å². The van der Waals surface area contributed by atoms with Crippen LogP contribution in [0.3, 0.4) is 0 Å². The summed E-state index contributed by atoms with van der Waals surface area (Å²) in [5.41, 5.74) is 0.808. The average molecular weight is 361 g/mol. The van der Waals surface area contributed by atoms with Crippen molar-refractivity contribution in [3.8, 4) is 17.2 Å². The van der Waals surface area contributed by atoms with Gasteiger partial charge in [0.05, 0.1) is 20.8 Å². The molecule has 0 aliphatic heterocycles. The molecule has 0 amide bonds. The number of hydrogen-bond donors (Lipinski definition) is 2. The van der Waals surface area contributed by atoms with E-state index in [9.17, 15) is 4.39 Å². The Kier molecular flexibility index (Phi) is 7.08. The van der Waals surface area contributed by atoms with Crippen LogP contribution in [0.4, 0.5) is 10.1 Å². The molecule has 2 rings (SSSR count). The molecule has 0 saturated carbocycles. The molecular weight excluding hydrogens is 337 g/mol. The van der Waals surface area contributed by atoms with E-state index in [2.05, 4.69) is 15.6 Å². The quantitative estimate of drug-likeness (QED) is 0.585. The normalized spacial score (nSPS) is 12.3. The van der Waals surface area contributed by atoms with Gasteiger partial charge < -0.3 is 24.8 Å². The molecule has 140 valence electrons. The highest BCUT2D eigenvalue weighted by molar-refractivity contribution is 5.93.